The van der Waals surface area contributed by atoms with E-state index in [1.165, 1.54) is 0 Å². The number of aryl methyl sites for hydroxylation is 1. The van der Waals surface area contributed by atoms with Gasteiger partial charge in [-0.3, -0.25) is 4.79 Å². The fraction of sp³-hybridized carbons (Fsp3) is 0.261. The SMILES string of the molecule is Cc1onc(-c2ccccc2)c1C(=O)N1CCCC(c2nc3ccccc3o2)C1. The molecule has 6 nitrogen and oxygen atoms in total. The molecule has 1 aliphatic rings. The zero-order chi connectivity index (χ0) is 19.8. The number of rotatable bonds is 3. The highest BCUT2D eigenvalue weighted by molar-refractivity contribution is 6.00. The van der Waals surface area contributed by atoms with Crippen molar-refractivity contribution >= 4 is 17.0 Å². The van der Waals surface area contributed by atoms with E-state index >= 15 is 0 Å². The van der Waals surface area contributed by atoms with E-state index in [4.69, 9.17) is 8.94 Å². The number of carbonyl (C=O) groups is 1. The largest absolute Gasteiger partial charge is 0.440 e. The molecule has 2 aromatic heterocycles. The average molecular weight is 387 g/mol. The summed E-state index contributed by atoms with van der Waals surface area (Å²) in [5.41, 5.74) is 3.64. The van der Waals surface area contributed by atoms with Gasteiger partial charge in [0.2, 0.25) is 0 Å². The van der Waals surface area contributed by atoms with Crippen LogP contribution < -0.4 is 0 Å². The second kappa shape index (κ2) is 7.20. The van der Waals surface area contributed by atoms with E-state index in [2.05, 4.69) is 10.1 Å². The van der Waals surface area contributed by atoms with Gasteiger partial charge in [0.05, 0.1) is 5.92 Å². The number of hydrogen-bond acceptors (Lipinski definition) is 5. The normalized spacial score (nSPS) is 17.0. The Hall–Kier alpha value is -3.41. The maximum Gasteiger partial charge on any atom is 0.259 e. The molecule has 1 fully saturated rings. The predicted molar refractivity (Wildman–Crippen MR) is 109 cm³/mol. The van der Waals surface area contributed by atoms with E-state index < -0.39 is 0 Å². The maximum absolute atomic E-state index is 13.4. The van der Waals surface area contributed by atoms with Crippen LogP contribution in [-0.2, 0) is 0 Å². The Morgan fingerprint density at radius 1 is 1.10 bits per heavy atom. The minimum atomic E-state index is -0.0524. The third-order valence-corrected chi connectivity index (χ3v) is 5.49. The Labute approximate surface area is 168 Å². The van der Waals surface area contributed by atoms with Crippen molar-refractivity contribution in [1.82, 2.24) is 15.0 Å². The van der Waals surface area contributed by atoms with Crippen LogP contribution in [-0.4, -0.2) is 34.0 Å². The van der Waals surface area contributed by atoms with Crippen molar-refractivity contribution in [3.63, 3.8) is 0 Å². The number of oxazole rings is 1. The monoisotopic (exact) mass is 387 g/mol. The van der Waals surface area contributed by atoms with E-state index in [1.807, 2.05) is 59.5 Å². The molecular weight excluding hydrogens is 366 g/mol. The summed E-state index contributed by atoms with van der Waals surface area (Å²) in [6.45, 7) is 3.06. The van der Waals surface area contributed by atoms with Crippen molar-refractivity contribution in [2.75, 3.05) is 13.1 Å². The zero-order valence-electron chi connectivity index (χ0n) is 16.2. The van der Waals surface area contributed by atoms with E-state index in [1.54, 1.807) is 6.92 Å². The molecule has 0 spiro atoms. The summed E-state index contributed by atoms with van der Waals surface area (Å²) in [6.07, 6.45) is 1.85. The topological polar surface area (TPSA) is 72.4 Å². The zero-order valence-corrected chi connectivity index (χ0v) is 16.2. The van der Waals surface area contributed by atoms with E-state index in [0.717, 1.165) is 29.5 Å². The van der Waals surface area contributed by atoms with Crippen LogP contribution in [0.3, 0.4) is 0 Å². The molecule has 3 heterocycles. The van der Waals surface area contributed by atoms with Gasteiger partial charge in [-0.05, 0) is 31.9 Å². The Morgan fingerprint density at radius 2 is 1.90 bits per heavy atom. The van der Waals surface area contributed by atoms with Crippen LogP contribution in [0.4, 0.5) is 0 Å². The molecule has 4 aromatic rings. The van der Waals surface area contributed by atoms with Crippen LogP contribution in [0.5, 0.6) is 0 Å². The third-order valence-electron chi connectivity index (χ3n) is 5.49. The first-order chi connectivity index (χ1) is 14.2. The molecule has 0 bridgehead atoms. The van der Waals surface area contributed by atoms with Crippen LogP contribution in [0.15, 0.2) is 63.5 Å². The molecule has 1 amide bonds. The van der Waals surface area contributed by atoms with Gasteiger partial charge in [-0.2, -0.15) is 0 Å². The van der Waals surface area contributed by atoms with E-state index in [-0.39, 0.29) is 11.8 Å². The van der Waals surface area contributed by atoms with Crippen molar-refractivity contribution in [1.29, 1.82) is 0 Å². The minimum Gasteiger partial charge on any atom is -0.440 e. The number of nitrogens with zero attached hydrogens (tertiary/aromatic N) is 3. The first kappa shape index (κ1) is 17.7. The average Bonchev–Trinajstić information content (AvgIpc) is 3.37. The highest BCUT2D eigenvalue weighted by Crippen LogP contribution is 2.32. The molecule has 0 radical (unpaired) electrons. The van der Waals surface area contributed by atoms with Gasteiger partial charge < -0.3 is 13.8 Å². The number of benzene rings is 2. The summed E-state index contributed by atoms with van der Waals surface area (Å²) >= 11 is 0. The summed E-state index contributed by atoms with van der Waals surface area (Å²) in [7, 11) is 0. The highest BCUT2D eigenvalue weighted by Gasteiger charge is 2.32. The number of carbonyl (C=O) groups excluding carboxylic acids is 1. The molecule has 1 aliphatic heterocycles. The first-order valence-corrected chi connectivity index (χ1v) is 9.87. The van der Waals surface area contributed by atoms with Crippen LogP contribution in [0.2, 0.25) is 0 Å². The molecule has 29 heavy (non-hydrogen) atoms. The van der Waals surface area contributed by atoms with E-state index in [9.17, 15) is 4.79 Å². The Bertz CT molecular complexity index is 1130. The predicted octanol–water partition coefficient (Wildman–Crippen LogP) is 4.81. The van der Waals surface area contributed by atoms with Gasteiger partial charge in [-0.1, -0.05) is 47.6 Å². The summed E-state index contributed by atoms with van der Waals surface area (Å²) in [5.74, 6) is 1.27. The fourth-order valence-corrected chi connectivity index (χ4v) is 4.00. The lowest BCUT2D eigenvalue weighted by Crippen LogP contribution is -2.39. The van der Waals surface area contributed by atoms with Crippen molar-refractivity contribution in [2.45, 2.75) is 25.7 Å². The van der Waals surface area contributed by atoms with Crippen LogP contribution in [0, 0.1) is 6.92 Å². The molecule has 0 aliphatic carbocycles. The maximum atomic E-state index is 13.4. The summed E-state index contributed by atoms with van der Waals surface area (Å²) in [6, 6.07) is 17.4. The van der Waals surface area contributed by atoms with Gasteiger partial charge in [0.1, 0.15) is 22.5 Å². The number of para-hydroxylation sites is 2. The highest BCUT2D eigenvalue weighted by atomic mass is 16.5. The quantitative estimate of drug-likeness (QED) is 0.504. The number of fused-ring (bicyclic) bond motifs is 1. The standard InChI is InChI=1S/C23H21N3O3/c1-15-20(21(25-29-15)16-8-3-2-4-9-16)23(27)26-13-7-10-17(14-26)22-24-18-11-5-6-12-19(18)28-22/h2-6,8-9,11-12,17H,7,10,13-14H2,1H3. The van der Waals surface area contributed by atoms with Crippen molar-refractivity contribution in [2.24, 2.45) is 0 Å². The van der Waals surface area contributed by atoms with Crippen LogP contribution >= 0.6 is 0 Å². The third kappa shape index (κ3) is 3.20. The Morgan fingerprint density at radius 3 is 2.72 bits per heavy atom. The molecule has 5 rings (SSSR count). The second-order valence-corrected chi connectivity index (χ2v) is 7.44. The molecule has 146 valence electrons. The number of hydrogen-bond donors (Lipinski definition) is 0. The van der Waals surface area contributed by atoms with E-state index in [0.29, 0.717) is 36.0 Å². The lowest BCUT2D eigenvalue weighted by Gasteiger charge is -2.31. The molecule has 6 heteroatoms. The molecule has 0 saturated carbocycles. The minimum absolute atomic E-state index is 0.0524. The lowest BCUT2D eigenvalue weighted by molar-refractivity contribution is 0.0698. The number of amides is 1. The fourth-order valence-electron chi connectivity index (χ4n) is 4.00. The Kier molecular flexibility index (Phi) is 4.39. The number of aromatic nitrogens is 2. The molecule has 1 saturated heterocycles. The molecule has 1 unspecified atom stereocenters. The van der Waals surface area contributed by atoms with Crippen molar-refractivity contribution in [3.8, 4) is 11.3 Å². The van der Waals surface area contributed by atoms with Gasteiger partial charge in [0, 0.05) is 18.7 Å². The first-order valence-electron chi connectivity index (χ1n) is 9.87. The van der Waals surface area contributed by atoms with Crippen LogP contribution in [0.1, 0.15) is 40.8 Å². The lowest BCUT2D eigenvalue weighted by atomic mass is 9.96. The number of piperidine rings is 1. The van der Waals surface area contributed by atoms with Crippen molar-refractivity contribution in [3.05, 3.63) is 71.8 Å². The van der Waals surface area contributed by atoms with Crippen LogP contribution in [0.25, 0.3) is 22.4 Å². The molecule has 1 atom stereocenters. The van der Waals surface area contributed by atoms with Gasteiger partial charge in [0.25, 0.3) is 5.91 Å². The van der Waals surface area contributed by atoms with Gasteiger partial charge >= 0.3 is 0 Å². The molecule has 2 aromatic carbocycles. The Balaban J connectivity index is 1.43. The van der Waals surface area contributed by atoms with Gasteiger partial charge in [-0.15, -0.1) is 0 Å². The molecule has 0 N–H and O–H groups in total. The van der Waals surface area contributed by atoms with Gasteiger partial charge in [-0.25, -0.2) is 4.98 Å². The van der Waals surface area contributed by atoms with Crippen molar-refractivity contribution < 1.29 is 13.7 Å². The summed E-state index contributed by atoms with van der Waals surface area (Å²) < 4.78 is 11.3. The van der Waals surface area contributed by atoms with Gasteiger partial charge in [0.15, 0.2) is 11.5 Å². The summed E-state index contributed by atoms with van der Waals surface area (Å²) in [5, 5.41) is 4.15. The molecular formula is C23H21N3O3. The second-order valence-electron chi connectivity index (χ2n) is 7.44. The smallest absolute Gasteiger partial charge is 0.259 e. The summed E-state index contributed by atoms with van der Waals surface area (Å²) in [4.78, 5) is 19.9. The number of likely N-dealkylation sites (tertiary alicyclic amines) is 1.